The highest BCUT2D eigenvalue weighted by Crippen LogP contribution is 2.28. The number of amides is 1. The molecule has 1 saturated heterocycles. The zero-order chi connectivity index (χ0) is 21.1. The molecule has 1 aliphatic rings. The lowest BCUT2D eigenvalue weighted by atomic mass is 9.99. The first-order valence-electron chi connectivity index (χ1n) is 9.61. The van der Waals surface area contributed by atoms with Gasteiger partial charge >= 0.3 is 0 Å². The van der Waals surface area contributed by atoms with E-state index < -0.39 is 10.0 Å². The molecular formula is C20H22N4O4S2. The topological polar surface area (TPSA) is 101 Å². The van der Waals surface area contributed by atoms with Gasteiger partial charge in [-0.05, 0) is 42.7 Å². The van der Waals surface area contributed by atoms with Crippen molar-refractivity contribution in [2.45, 2.75) is 24.3 Å². The molecule has 0 saturated carbocycles. The Labute approximate surface area is 179 Å². The molecule has 0 unspecified atom stereocenters. The second-order valence-corrected chi connectivity index (χ2v) is 9.59. The van der Waals surface area contributed by atoms with Crippen LogP contribution in [0.4, 0.5) is 0 Å². The van der Waals surface area contributed by atoms with Gasteiger partial charge in [-0.2, -0.15) is 13.1 Å². The van der Waals surface area contributed by atoms with Gasteiger partial charge in [0.1, 0.15) is 21.7 Å². The summed E-state index contributed by atoms with van der Waals surface area (Å²) in [5.41, 5.74) is 1.90. The van der Waals surface area contributed by atoms with Crippen LogP contribution in [0.2, 0.25) is 0 Å². The van der Waals surface area contributed by atoms with E-state index in [1.807, 2.05) is 24.3 Å². The van der Waals surface area contributed by atoms with E-state index in [0.717, 1.165) is 23.0 Å². The maximum Gasteiger partial charge on any atom is 0.245 e. The average Bonchev–Trinajstić information content (AvgIpc) is 3.26. The molecule has 8 nitrogen and oxygen atoms in total. The molecule has 0 radical (unpaired) electrons. The number of hydrogen-bond acceptors (Lipinski definition) is 7. The Balaban J connectivity index is 1.44. The Morgan fingerprint density at radius 2 is 2.03 bits per heavy atom. The van der Waals surface area contributed by atoms with Crippen LogP contribution in [0.15, 0.2) is 47.4 Å². The van der Waals surface area contributed by atoms with Gasteiger partial charge in [0, 0.05) is 19.6 Å². The minimum atomic E-state index is -3.76. The van der Waals surface area contributed by atoms with E-state index in [1.165, 1.54) is 4.31 Å². The van der Waals surface area contributed by atoms with Crippen molar-refractivity contribution in [3.8, 4) is 5.75 Å². The van der Waals surface area contributed by atoms with Crippen molar-refractivity contribution < 1.29 is 17.9 Å². The highest BCUT2D eigenvalue weighted by molar-refractivity contribution is 7.89. The quantitative estimate of drug-likeness (QED) is 0.624. The third kappa shape index (κ3) is 4.16. The number of methoxy groups -OCH3 is 1. The molecule has 0 spiro atoms. The zero-order valence-electron chi connectivity index (χ0n) is 16.4. The van der Waals surface area contributed by atoms with Gasteiger partial charge in [0.25, 0.3) is 0 Å². The molecule has 30 heavy (non-hydrogen) atoms. The number of carbonyl (C=O) groups is 1. The van der Waals surface area contributed by atoms with Crippen LogP contribution in [-0.4, -0.2) is 47.6 Å². The number of sulfonamides is 1. The first kappa shape index (κ1) is 20.7. The fourth-order valence-corrected chi connectivity index (χ4v) is 5.86. The SMILES string of the molecule is COc1ccc(CNC(=O)[C@@H]2CCCN(S(=O)(=O)c3cccc4nsnc34)C2)cc1. The summed E-state index contributed by atoms with van der Waals surface area (Å²) in [5.74, 6) is 0.224. The monoisotopic (exact) mass is 446 g/mol. The van der Waals surface area contributed by atoms with Gasteiger partial charge in [0.05, 0.1) is 24.8 Å². The molecule has 0 bridgehead atoms. The Morgan fingerprint density at radius 1 is 1.23 bits per heavy atom. The van der Waals surface area contributed by atoms with Gasteiger partial charge in [-0.25, -0.2) is 8.42 Å². The zero-order valence-corrected chi connectivity index (χ0v) is 18.1. The third-order valence-corrected chi connectivity index (χ3v) is 7.69. The maximum absolute atomic E-state index is 13.2. The van der Waals surface area contributed by atoms with Crippen molar-refractivity contribution in [2.75, 3.05) is 20.2 Å². The van der Waals surface area contributed by atoms with Crippen molar-refractivity contribution in [2.24, 2.45) is 5.92 Å². The molecule has 0 aliphatic carbocycles. The predicted molar refractivity (Wildman–Crippen MR) is 114 cm³/mol. The lowest BCUT2D eigenvalue weighted by Gasteiger charge is -2.31. The van der Waals surface area contributed by atoms with Crippen LogP contribution in [0.1, 0.15) is 18.4 Å². The molecule has 2 aromatic carbocycles. The van der Waals surface area contributed by atoms with E-state index in [2.05, 4.69) is 14.1 Å². The number of hydrogen-bond donors (Lipinski definition) is 1. The second kappa shape index (κ2) is 8.66. The highest BCUT2D eigenvalue weighted by atomic mass is 32.2. The fourth-order valence-electron chi connectivity index (χ4n) is 3.58. The summed E-state index contributed by atoms with van der Waals surface area (Å²) < 4.78 is 41.2. The standard InChI is InChI=1S/C20H22N4O4S2/c1-28-16-9-7-14(8-10-16)12-21-20(25)15-4-3-11-24(13-15)30(26,27)18-6-2-5-17-19(18)23-29-22-17/h2,5-10,15H,3-4,11-13H2,1H3,(H,21,25)/t15-/m1/s1. The molecule has 1 N–H and O–H groups in total. The van der Waals surface area contributed by atoms with Crippen LogP contribution >= 0.6 is 11.7 Å². The molecule has 1 fully saturated rings. The predicted octanol–water partition coefficient (Wildman–Crippen LogP) is 2.42. The molecule has 1 aliphatic heterocycles. The first-order chi connectivity index (χ1) is 14.5. The smallest absolute Gasteiger partial charge is 0.245 e. The number of ether oxygens (including phenoxy) is 1. The van der Waals surface area contributed by atoms with Crippen molar-refractivity contribution in [1.82, 2.24) is 18.4 Å². The lowest BCUT2D eigenvalue weighted by Crippen LogP contribution is -2.45. The number of nitrogens with zero attached hydrogens (tertiary/aromatic N) is 3. The molecule has 1 atom stereocenters. The summed E-state index contributed by atoms with van der Waals surface area (Å²) in [5, 5.41) is 2.92. The van der Waals surface area contributed by atoms with Crippen LogP contribution in [0.25, 0.3) is 11.0 Å². The van der Waals surface area contributed by atoms with Gasteiger partial charge in [-0.1, -0.05) is 18.2 Å². The van der Waals surface area contributed by atoms with Crippen molar-refractivity contribution >= 4 is 38.7 Å². The molecule has 158 valence electrons. The number of fused-ring (bicyclic) bond motifs is 1. The molecular weight excluding hydrogens is 424 g/mol. The van der Waals surface area contributed by atoms with Gasteiger partial charge in [0.2, 0.25) is 15.9 Å². The van der Waals surface area contributed by atoms with E-state index in [0.29, 0.717) is 37.0 Å². The van der Waals surface area contributed by atoms with Crippen molar-refractivity contribution in [3.63, 3.8) is 0 Å². The van der Waals surface area contributed by atoms with Gasteiger partial charge < -0.3 is 10.1 Å². The average molecular weight is 447 g/mol. The third-order valence-electron chi connectivity index (χ3n) is 5.25. The van der Waals surface area contributed by atoms with Crippen LogP contribution in [0.3, 0.4) is 0 Å². The molecule has 10 heteroatoms. The van der Waals surface area contributed by atoms with E-state index in [1.54, 1.807) is 25.3 Å². The van der Waals surface area contributed by atoms with Gasteiger partial charge in [-0.15, -0.1) is 0 Å². The number of carbonyl (C=O) groups excluding carboxylic acids is 1. The van der Waals surface area contributed by atoms with E-state index in [-0.39, 0.29) is 23.3 Å². The number of rotatable bonds is 6. The summed E-state index contributed by atoms with van der Waals surface area (Å²) in [7, 11) is -2.15. The summed E-state index contributed by atoms with van der Waals surface area (Å²) in [6.07, 6.45) is 1.29. The molecule has 3 aromatic rings. The minimum absolute atomic E-state index is 0.140. The number of aromatic nitrogens is 2. The largest absolute Gasteiger partial charge is 0.497 e. The van der Waals surface area contributed by atoms with E-state index in [4.69, 9.17) is 4.74 Å². The van der Waals surface area contributed by atoms with Gasteiger partial charge in [0.15, 0.2) is 0 Å². The van der Waals surface area contributed by atoms with Crippen molar-refractivity contribution in [1.29, 1.82) is 0 Å². The summed E-state index contributed by atoms with van der Waals surface area (Å²) in [6, 6.07) is 12.4. The highest BCUT2D eigenvalue weighted by Gasteiger charge is 2.34. The Morgan fingerprint density at radius 3 is 2.80 bits per heavy atom. The summed E-state index contributed by atoms with van der Waals surface area (Å²) in [6.45, 7) is 0.930. The number of benzene rings is 2. The molecule has 2 heterocycles. The van der Waals surface area contributed by atoms with E-state index >= 15 is 0 Å². The lowest BCUT2D eigenvalue weighted by molar-refractivity contribution is -0.126. The van der Waals surface area contributed by atoms with Crippen LogP contribution < -0.4 is 10.1 Å². The van der Waals surface area contributed by atoms with Crippen LogP contribution in [0.5, 0.6) is 5.75 Å². The normalized spacial score (nSPS) is 17.7. The van der Waals surface area contributed by atoms with Crippen LogP contribution in [0, 0.1) is 5.92 Å². The van der Waals surface area contributed by atoms with Gasteiger partial charge in [-0.3, -0.25) is 4.79 Å². The summed E-state index contributed by atoms with van der Waals surface area (Å²) in [4.78, 5) is 12.8. The maximum atomic E-state index is 13.2. The first-order valence-corrected chi connectivity index (χ1v) is 11.8. The molecule has 1 amide bonds. The fraction of sp³-hybridized carbons (Fsp3) is 0.350. The Bertz CT molecular complexity index is 1150. The summed E-state index contributed by atoms with van der Waals surface area (Å²) >= 11 is 0.987. The second-order valence-electron chi connectivity index (χ2n) is 7.16. The number of piperidine rings is 1. The molecule has 4 rings (SSSR count). The minimum Gasteiger partial charge on any atom is -0.497 e. The number of nitrogens with one attached hydrogen (secondary N) is 1. The molecule has 1 aromatic heterocycles. The van der Waals surface area contributed by atoms with Crippen LogP contribution in [-0.2, 0) is 21.4 Å². The van der Waals surface area contributed by atoms with E-state index in [9.17, 15) is 13.2 Å². The van der Waals surface area contributed by atoms with Crippen molar-refractivity contribution in [3.05, 3.63) is 48.0 Å². The Kier molecular flexibility index (Phi) is 5.98. The Hall–Kier alpha value is -2.56.